The molecule has 0 aliphatic carbocycles. The van der Waals surface area contributed by atoms with Crippen LogP contribution in [-0.2, 0) is 25.6 Å². The molecular formula is C27H43NO6. The molecule has 0 aromatic heterocycles. The monoisotopic (exact) mass is 477 g/mol. The summed E-state index contributed by atoms with van der Waals surface area (Å²) in [6.45, 7) is 12.5. The number of amides is 1. The lowest BCUT2D eigenvalue weighted by atomic mass is 9.86. The molecule has 0 radical (unpaired) electrons. The molecule has 7 nitrogen and oxygen atoms in total. The summed E-state index contributed by atoms with van der Waals surface area (Å²) < 4.78 is 16.9. The van der Waals surface area contributed by atoms with Gasteiger partial charge in [0.05, 0.1) is 19.1 Å². The second-order valence-electron chi connectivity index (χ2n) is 11.1. The fourth-order valence-electron chi connectivity index (χ4n) is 4.26. The van der Waals surface area contributed by atoms with E-state index < -0.39 is 29.3 Å². The van der Waals surface area contributed by atoms with Gasteiger partial charge in [-0.2, -0.15) is 0 Å². The first kappa shape index (κ1) is 28.1. The molecule has 7 heteroatoms. The van der Waals surface area contributed by atoms with Gasteiger partial charge in [0.1, 0.15) is 11.2 Å². The van der Waals surface area contributed by atoms with Crippen LogP contribution in [-0.4, -0.2) is 58.6 Å². The van der Waals surface area contributed by atoms with Crippen LogP contribution in [0.4, 0.5) is 4.79 Å². The molecule has 192 valence electrons. The summed E-state index contributed by atoms with van der Waals surface area (Å²) in [5.74, 6) is -0.799. The number of hydrogen-bond donors (Lipinski definition) is 1. The van der Waals surface area contributed by atoms with Crippen molar-refractivity contribution in [2.45, 2.75) is 104 Å². The Hall–Kier alpha value is -2.12. The van der Waals surface area contributed by atoms with Crippen LogP contribution >= 0.6 is 0 Å². The van der Waals surface area contributed by atoms with E-state index in [0.717, 1.165) is 12.0 Å². The van der Waals surface area contributed by atoms with Crippen LogP contribution in [0, 0.1) is 5.92 Å². The number of esters is 1. The Labute approximate surface area is 204 Å². The molecule has 1 amide bonds. The molecule has 1 aromatic rings. The SMILES string of the molecule is CC(C)(C)OC(=O)C[C@@H]([C@@H](O)CCCOCc1ccccc1)[C@@H]1CCCN1C(=O)OC(C)(C)C. The molecule has 34 heavy (non-hydrogen) atoms. The summed E-state index contributed by atoms with van der Waals surface area (Å²) in [7, 11) is 0. The van der Waals surface area contributed by atoms with E-state index in [-0.39, 0.29) is 18.4 Å². The minimum absolute atomic E-state index is 0.0489. The fourth-order valence-corrected chi connectivity index (χ4v) is 4.26. The van der Waals surface area contributed by atoms with Crippen molar-refractivity contribution in [1.82, 2.24) is 4.90 Å². The number of ether oxygens (including phenoxy) is 3. The van der Waals surface area contributed by atoms with E-state index >= 15 is 0 Å². The number of rotatable bonds is 10. The first-order chi connectivity index (χ1) is 15.9. The third kappa shape index (κ3) is 10.0. The average Bonchev–Trinajstić information content (AvgIpc) is 3.19. The summed E-state index contributed by atoms with van der Waals surface area (Å²) in [5.41, 5.74) is -0.123. The Balaban J connectivity index is 2.01. The van der Waals surface area contributed by atoms with E-state index in [2.05, 4.69) is 0 Å². The highest BCUT2D eigenvalue weighted by molar-refractivity contribution is 5.71. The average molecular weight is 478 g/mol. The Morgan fingerprint density at radius 2 is 1.71 bits per heavy atom. The largest absolute Gasteiger partial charge is 0.460 e. The van der Waals surface area contributed by atoms with Gasteiger partial charge in [0.15, 0.2) is 0 Å². The topological polar surface area (TPSA) is 85.3 Å². The maximum atomic E-state index is 12.8. The number of carbonyl (C=O) groups excluding carboxylic acids is 2. The number of carbonyl (C=O) groups is 2. The van der Waals surface area contributed by atoms with Crippen molar-refractivity contribution in [2.75, 3.05) is 13.2 Å². The van der Waals surface area contributed by atoms with E-state index in [9.17, 15) is 14.7 Å². The summed E-state index contributed by atoms with van der Waals surface area (Å²) in [4.78, 5) is 27.2. The number of hydrogen-bond acceptors (Lipinski definition) is 6. The highest BCUT2D eigenvalue weighted by atomic mass is 16.6. The molecule has 0 unspecified atom stereocenters. The van der Waals surface area contributed by atoms with Gasteiger partial charge in [-0.3, -0.25) is 4.79 Å². The molecule has 1 fully saturated rings. The molecule has 1 aromatic carbocycles. The molecule has 1 saturated heterocycles. The number of aliphatic hydroxyl groups excluding tert-OH is 1. The number of likely N-dealkylation sites (tertiary alicyclic amines) is 1. The minimum Gasteiger partial charge on any atom is -0.460 e. The van der Waals surface area contributed by atoms with Gasteiger partial charge < -0.3 is 24.2 Å². The van der Waals surface area contributed by atoms with Gasteiger partial charge in [-0.05, 0) is 72.8 Å². The third-order valence-electron chi connectivity index (χ3n) is 5.64. The third-order valence-corrected chi connectivity index (χ3v) is 5.64. The molecule has 1 aliphatic rings. The van der Waals surface area contributed by atoms with E-state index in [4.69, 9.17) is 14.2 Å². The Morgan fingerprint density at radius 1 is 1.06 bits per heavy atom. The fraction of sp³-hybridized carbons (Fsp3) is 0.704. The Kier molecular flexibility index (Phi) is 10.4. The van der Waals surface area contributed by atoms with Gasteiger partial charge in [0.2, 0.25) is 0 Å². The molecule has 1 N–H and O–H groups in total. The van der Waals surface area contributed by atoms with Crippen LogP contribution in [0.25, 0.3) is 0 Å². The first-order valence-corrected chi connectivity index (χ1v) is 12.4. The Morgan fingerprint density at radius 3 is 2.32 bits per heavy atom. The predicted molar refractivity (Wildman–Crippen MR) is 131 cm³/mol. The second kappa shape index (κ2) is 12.5. The van der Waals surface area contributed by atoms with E-state index in [0.29, 0.717) is 39.0 Å². The molecule has 1 heterocycles. The van der Waals surface area contributed by atoms with Crippen molar-refractivity contribution in [1.29, 1.82) is 0 Å². The van der Waals surface area contributed by atoms with Crippen molar-refractivity contribution in [2.24, 2.45) is 5.92 Å². The van der Waals surface area contributed by atoms with Crippen molar-refractivity contribution >= 4 is 12.1 Å². The smallest absolute Gasteiger partial charge is 0.410 e. The lowest BCUT2D eigenvalue weighted by Gasteiger charge is -2.35. The molecule has 0 spiro atoms. The van der Waals surface area contributed by atoms with Gasteiger partial charge in [-0.1, -0.05) is 30.3 Å². The molecule has 0 bridgehead atoms. The number of nitrogens with zero attached hydrogens (tertiary/aromatic N) is 1. The lowest BCUT2D eigenvalue weighted by Crippen LogP contribution is -2.47. The van der Waals surface area contributed by atoms with Crippen molar-refractivity contribution < 1.29 is 28.9 Å². The summed E-state index contributed by atoms with van der Waals surface area (Å²) in [6, 6.07) is 9.66. The van der Waals surface area contributed by atoms with Crippen LogP contribution in [0.5, 0.6) is 0 Å². The zero-order valence-electron chi connectivity index (χ0n) is 21.7. The zero-order chi connectivity index (χ0) is 25.4. The summed E-state index contributed by atoms with van der Waals surface area (Å²) >= 11 is 0. The second-order valence-corrected chi connectivity index (χ2v) is 11.1. The number of aliphatic hydroxyl groups is 1. The van der Waals surface area contributed by atoms with Gasteiger partial charge in [-0.25, -0.2) is 4.79 Å². The van der Waals surface area contributed by atoms with E-state index in [1.165, 1.54) is 0 Å². The van der Waals surface area contributed by atoms with Crippen LogP contribution in [0.1, 0.15) is 79.2 Å². The van der Waals surface area contributed by atoms with Crippen LogP contribution in [0.2, 0.25) is 0 Å². The quantitative estimate of drug-likeness (QED) is 0.373. The van der Waals surface area contributed by atoms with Crippen molar-refractivity contribution in [3.05, 3.63) is 35.9 Å². The van der Waals surface area contributed by atoms with Crippen LogP contribution < -0.4 is 0 Å². The molecule has 3 atom stereocenters. The Bertz CT molecular complexity index is 768. The van der Waals surface area contributed by atoms with Gasteiger partial charge in [0.25, 0.3) is 0 Å². The lowest BCUT2D eigenvalue weighted by molar-refractivity contribution is -0.158. The predicted octanol–water partition coefficient (Wildman–Crippen LogP) is 5.09. The van der Waals surface area contributed by atoms with Crippen LogP contribution in [0.15, 0.2) is 30.3 Å². The van der Waals surface area contributed by atoms with Crippen molar-refractivity contribution in [3.8, 4) is 0 Å². The molecular weight excluding hydrogens is 434 g/mol. The van der Waals surface area contributed by atoms with Gasteiger partial charge in [-0.15, -0.1) is 0 Å². The number of benzene rings is 1. The van der Waals surface area contributed by atoms with E-state index in [1.54, 1.807) is 4.90 Å². The highest BCUT2D eigenvalue weighted by Crippen LogP contribution is 2.32. The highest BCUT2D eigenvalue weighted by Gasteiger charge is 2.41. The zero-order valence-corrected chi connectivity index (χ0v) is 21.7. The molecule has 2 rings (SSSR count). The van der Waals surface area contributed by atoms with E-state index in [1.807, 2.05) is 71.9 Å². The maximum absolute atomic E-state index is 12.8. The summed E-state index contributed by atoms with van der Waals surface area (Å²) in [6.07, 6.45) is 1.53. The van der Waals surface area contributed by atoms with Gasteiger partial charge in [0, 0.05) is 25.1 Å². The van der Waals surface area contributed by atoms with Gasteiger partial charge >= 0.3 is 12.1 Å². The normalized spacial score (nSPS) is 18.4. The van der Waals surface area contributed by atoms with Crippen molar-refractivity contribution in [3.63, 3.8) is 0 Å². The first-order valence-electron chi connectivity index (χ1n) is 12.4. The molecule has 0 saturated carbocycles. The van der Waals surface area contributed by atoms with Crippen LogP contribution in [0.3, 0.4) is 0 Å². The minimum atomic E-state index is -0.763. The molecule has 1 aliphatic heterocycles. The maximum Gasteiger partial charge on any atom is 0.410 e. The summed E-state index contributed by atoms with van der Waals surface area (Å²) in [5, 5.41) is 11.1. The standard InChI is InChI=1S/C27H43NO6/c1-26(2,3)33-24(30)18-21(22-14-10-16-28(22)25(31)34-27(4,5)6)23(29)15-11-17-32-19-20-12-8-7-9-13-20/h7-9,12-13,21-23,29H,10-11,14-19H2,1-6H3/t21-,22+,23+/m1/s1.